The monoisotopic (exact) mass is 513 g/mol. The summed E-state index contributed by atoms with van der Waals surface area (Å²) >= 11 is 0. The van der Waals surface area contributed by atoms with Crippen LogP contribution in [0.1, 0.15) is 26.3 Å². The molecule has 5 aliphatic rings. The molecule has 0 radical (unpaired) electrons. The van der Waals surface area contributed by atoms with Crippen LogP contribution in [0.5, 0.6) is 0 Å². The number of halogens is 1. The number of benzene rings is 1. The number of fused-ring (bicyclic) bond motifs is 2. The van der Waals surface area contributed by atoms with Crippen LogP contribution in [0.2, 0.25) is 0 Å². The lowest BCUT2D eigenvalue weighted by molar-refractivity contribution is -0.135. The lowest BCUT2D eigenvalue weighted by atomic mass is 9.73. The predicted octanol–water partition coefficient (Wildman–Crippen LogP) is 2.75. The highest BCUT2D eigenvalue weighted by atomic mass is 32.2. The Kier molecular flexibility index (Phi) is 5.03. The molecule has 0 aromatic heterocycles. The number of hydrogen-bond acceptors (Lipinski definition) is 6. The van der Waals surface area contributed by atoms with Crippen molar-refractivity contribution >= 4 is 27.5 Å². The summed E-state index contributed by atoms with van der Waals surface area (Å²) in [4.78, 5) is 28.6. The molecule has 1 aromatic rings. The Hall–Kier alpha value is -3.01. The van der Waals surface area contributed by atoms with Crippen molar-refractivity contribution in [1.29, 1.82) is 0 Å². The molecule has 190 valence electrons. The van der Waals surface area contributed by atoms with Gasteiger partial charge in [0.2, 0.25) is 0 Å². The molecule has 2 N–H and O–H groups in total. The number of rotatable bonds is 4. The average molecular weight is 514 g/mol. The van der Waals surface area contributed by atoms with E-state index in [1.807, 2.05) is 6.92 Å². The molecule has 6 rings (SSSR count). The molecule has 8 atom stereocenters. The first-order valence-corrected chi connectivity index (χ1v) is 13.8. The van der Waals surface area contributed by atoms with Gasteiger partial charge < -0.3 is 15.3 Å². The van der Waals surface area contributed by atoms with Crippen LogP contribution in [0.4, 0.5) is 4.39 Å². The maximum atomic E-state index is 14.0. The van der Waals surface area contributed by atoms with E-state index in [2.05, 4.69) is 23.6 Å². The summed E-state index contributed by atoms with van der Waals surface area (Å²) in [5.74, 6) is -0.798. The van der Waals surface area contributed by atoms with Crippen LogP contribution in [0.15, 0.2) is 51.6 Å². The Morgan fingerprint density at radius 3 is 2.22 bits per heavy atom. The highest BCUT2D eigenvalue weighted by molar-refractivity contribution is 7.93. The second-order valence-corrected chi connectivity index (χ2v) is 12.4. The first-order valence-electron chi connectivity index (χ1n) is 12.3. The van der Waals surface area contributed by atoms with Gasteiger partial charge in [-0.15, -0.1) is 4.40 Å². The number of sulfonamides is 1. The van der Waals surface area contributed by atoms with Gasteiger partial charge in [0.15, 0.2) is 5.84 Å². The molecule has 0 bridgehead atoms. The molecule has 2 aliphatic heterocycles. The van der Waals surface area contributed by atoms with E-state index in [4.69, 9.17) is 0 Å². The summed E-state index contributed by atoms with van der Waals surface area (Å²) in [5, 5.41) is 14.9. The zero-order valence-electron chi connectivity index (χ0n) is 20.1. The first kappa shape index (κ1) is 23.4. The summed E-state index contributed by atoms with van der Waals surface area (Å²) < 4.78 is 41.5. The number of amides is 1. The maximum absolute atomic E-state index is 14.0. The van der Waals surface area contributed by atoms with Gasteiger partial charge in [0, 0.05) is 36.5 Å². The summed E-state index contributed by atoms with van der Waals surface area (Å²) in [7, 11) is -3.94. The minimum Gasteiger partial charge on any atom is -0.511 e. The number of nitrogens with zero attached hydrogens (tertiary/aromatic N) is 2. The molecule has 1 aromatic carbocycles. The number of ketones is 1. The quantitative estimate of drug-likeness (QED) is 0.640. The zero-order chi connectivity index (χ0) is 25.7. The second-order valence-electron chi connectivity index (χ2n) is 10.9. The van der Waals surface area contributed by atoms with Gasteiger partial charge in [-0.25, -0.2) is 4.39 Å². The SMILES string of the molecule is CC1C2C(=O)C3C(C)C3C([C@H]3C(C)C(O)=C(C4=NS(=O)(=O)C=CN4)C(=O)N3Cc3ccc(F)cc3)C12. The lowest BCUT2D eigenvalue weighted by Gasteiger charge is -2.46. The van der Waals surface area contributed by atoms with Crippen molar-refractivity contribution < 1.29 is 27.5 Å². The average Bonchev–Trinajstić information content (AvgIpc) is 3.70. The second kappa shape index (κ2) is 7.74. The molecular formula is C26H28FN3O5S. The number of nitrogens with one attached hydrogen (secondary N) is 1. The van der Waals surface area contributed by atoms with Crippen molar-refractivity contribution in [1.82, 2.24) is 10.2 Å². The lowest BCUT2D eigenvalue weighted by Crippen LogP contribution is -2.56. The summed E-state index contributed by atoms with van der Waals surface area (Å²) in [5.41, 5.74) is 0.530. The van der Waals surface area contributed by atoms with E-state index in [0.29, 0.717) is 11.3 Å². The molecule has 7 unspecified atom stereocenters. The molecule has 10 heteroatoms. The number of amidine groups is 1. The molecule has 2 heterocycles. The van der Waals surface area contributed by atoms with Gasteiger partial charge in [-0.3, -0.25) is 9.59 Å². The van der Waals surface area contributed by atoms with E-state index < -0.39 is 27.9 Å². The highest BCUT2D eigenvalue weighted by Crippen LogP contribution is 2.71. The van der Waals surface area contributed by atoms with E-state index in [9.17, 15) is 27.5 Å². The Morgan fingerprint density at radius 2 is 1.64 bits per heavy atom. The van der Waals surface area contributed by atoms with E-state index in [1.54, 1.807) is 17.0 Å². The number of carbonyl (C=O) groups is 2. The van der Waals surface area contributed by atoms with Crippen LogP contribution in [0.3, 0.4) is 0 Å². The number of carbonyl (C=O) groups excluding carboxylic acids is 2. The van der Waals surface area contributed by atoms with Crippen molar-refractivity contribution in [3.63, 3.8) is 0 Å². The van der Waals surface area contributed by atoms with E-state index >= 15 is 0 Å². The Balaban J connectivity index is 1.45. The number of hydrogen-bond donors (Lipinski definition) is 2. The van der Waals surface area contributed by atoms with Gasteiger partial charge in [-0.05, 0) is 47.3 Å². The number of Topliss-reactive ketones (excluding diaryl/α,β-unsaturated/α-hetero) is 1. The fraction of sp³-hybridized carbons (Fsp3) is 0.500. The molecule has 3 saturated carbocycles. The van der Waals surface area contributed by atoms with Gasteiger partial charge in [0.25, 0.3) is 15.9 Å². The van der Waals surface area contributed by atoms with Gasteiger partial charge in [-0.1, -0.05) is 32.9 Å². The van der Waals surface area contributed by atoms with Crippen molar-refractivity contribution in [3.05, 3.63) is 58.6 Å². The smallest absolute Gasteiger partial charge is 0.278 e. The fourth-order valence-electron chi connectivity index (χ4n) is 7.28. The normalized spacial score (nSPS) is 40.3. The molecule has 36 heavy (non-hydrogen) atoms. The Bertz CT molecular complexity index is 1340. The van der Waals surface area contributed by atoms with Gasteiger partial charge in [0.05, 0.1) is 5.41 Å². The van der Waals surface area contributed by atoms with Crippen LogP contribution >= 0.6 is 0 Å². The Morgan fingerprint density at radius 1 is 1.03 bits per heavy atom. The number of aliphatic hydroxyl groups is 1. The first-order chi connectivity index (χ1) is 17.0. The van der Waals surface area contributed by atoms with Crippen LogP contribution in [-0.4, -0.2) is 42.0 Å². The third-order valence-electron chi connectivity index (χ3n) is 9.05. The van der Waals surface area contributed by atoms with E-state index in [1.165, 1.54) is 18.3 Å². The van der Waals surface area contributed by atoms with E-state index in [0.717, 1.165) is 5.41 Å². The topological polar surface area (TPSA) is 116 Å². The standard InChI is InChI=1S/C26H28FN3O5S/c1-11-16-18(11)24(32)19-12(2)17(19)20(16)22-13(3)23(31)21(25-28-8-9-36(34,35)29-25)26(33)30(22)10-14-4-6-15(27)7-5-14/h4-9,11-13,16-20,22,31H,10H2,1-3H3,(H,28,29)/t11?,12?,13?,16?,17?,18?,19?,20?,22-/m1/s1. The van der Waals surface area contributed by atoms with Gasteiger partial charge >= 0.3 is 0 Å². The third kappa shape index (κ3) is 3.37. The fourth-order valence-corrected chi connectivity index (χ4v) is 7.97. The molecular weight excluding hydrogens is 485 g/mol. The Labute approximate surface area is 209 Å². The minimum atomic E-state index is -3.94. The predicted molar refractivity (Wildman–Crippen MR) is 129 cm³/mol. The van der Waals surface area contributed by atoms with Crippen molar-refractivity contribution in [3.8, 4) is 0 Å². The summed E-state index contributed by atoms with van der Waals surface area (Å²) in [6.07, 6.45) is 1.17. The molecule has 0 saturated heterocycles. The summed E-state index contributed by atoms with van der Waals surface area (Å²) in [6.45, 7) is 6.14. The van der Waals surface area contributed by atoms with Gasteiger partial charge in [0.1, 0.15) is 22.9 Å². The van der Waals surface area contributed by atoms with Crippen LogP contribution in [0, 0.1) is 53.2 Å². The van der Waals surface area contributed by atoms with Gasteiger partial charge in [-0.2, -0.15) is 8.42 Å². The summed E-state index contributed by atoms with van der Waals surface area (Å²) in [6, 6.07) is 5.49. The van der Waals surface area contributed by atoms with Crippen LogP contribution in [0.25, 0.3) is 0 Å². The zero-order valence-corrected chi connectivity index (χ0v) is 20.9. The molecule has 8 nitrogen and oxygen atoms in total. The van der Waals surface area contributed by atoms with Crippen molar-refractivity contribution in [2.75, 3.05) is 0 Å². The minimum absolute atomic E-state index is 0.0108. The number of aliphatic hydroxyl groups excluding tert-OH is 1. The third-order valence-corrected chi connectivity index (χ3v) is 9.97. The highest BCUT2D eigenvalue weighted by Gasteiger charge is 2.74. The molecule has 0 spiro atoms. The van der Waals surface area contributed by atoms with Crippen LogP contribution < -0.4 is 5.32 Å². The van der Waals surface area contributed by atoms with Crippen molar-refractivity contribution in [2.24, 2.45) is 51.7 Å². The van der Waals surface area contributed by atoms with Crippen molar-refractivity contribution in [2.45, 2.75) is 33.4 Å². The molecule has 1 amide bonds. The maximum Gasteiger partial charge on any atom is 0.278 e. The molecule has 3 aliphatic carbocycles. The van der Waals surface area contributed by atoms with Crippen LogP contribution in [-0.2, 0) is 26.2 Å². The largest absolute Gasteiger partial charge is 0.511 e. The molecule has 3 fully saturated rings. The van der Waals surface area contributed by atoms with E-state index in [-0.39, 0.29) is 71.0 Å².